The molecule has 0 bridgehead atoms. The highest BCUT2D eigenvalue weighted by atomic mass is 32.2. The summed E-state index contributed by atoms with van der Waals surface area (Å²) in [6, 6.07) is 8.69. The fourth-order valence-electron chi connectivity index (χ4n) is 2.74. The van der Waals surface area contributed by atoms with Crippen LogP contribution in [0.4, 0.5) is 0 Å². The van der Waals surface area contributed by atoms with E-state index >= 15 is 0 Å². The Morgan fingerprint density at radius 1 is 1.14 bits per heavy atom. The van der Waals surface area contributed by atoms with Gasteiger partial charge >= 0.3 is 11.4 Å². The number of benzene rings is 1. The van der Waals surface area contributed by atoms with E-state index in [0.717, 1.165) is 23.6 Å². The van der Waals surface area contributed by atoms with Gasteiger partial charge in [0.2, 0.25) is 0 Å². The topological polar surface area (TPSA) is 73.9 Å². The SMILES string of the molecule is CCCC(N)c1c(SC)n2c(=O)n(-c3ccccc3)c(=O)n12. The first-order chi connectivity index (χ1) is 10.6. The highest BCUT2D eigenvalue weighted by Crippen LogP contribution is 2.28. The molecule has 0 radical (unpaired) electrons. The fraction of sp³-hybridized carbons (Fsp3) is 0.333. The zero-order valence-electron chi connectivity index (χ0n) is 12.5. The minimum atomic E-state index is -0.365. The van der Waals surface area contributed by atoms with Crippen LogP contribution in [0.2, 0.25) is 0 Å². The Bertz CT molecular complexity index is 894. The summed E-state index contributed by atoms with van der Waals surface area (Å²) in [5, 5.41) is 0.762. The Hall–Kier alpha value is -1.99. The van der Waals surface area contributed by atoms with Crippen LogP contribution < -0.4 is 17.1 Å². The van der Waals surface area contributed by atoms with Crippen LogP contribution in [0.25, 0.3) is 5.69 Å². The quantitative estimate of drug-likeness (QED) is 0.724. The zero-order valence-corrected chi connectivity index (χ0v) is 13.3. The first-order valence-corrected chi connectivity index (χ1v) is 8.41. The minimum Gasteiger partial charge on any atom is -0.323 e. The number of hydrogen-bond acceptors (Lipinski definition) is 4. The molecule has 0 saturated heterocycles. The third kappa shape index (κ3) is 2.00. The third-order valence-corrected chi connectivity index (χ3v) is 4.51. The average molecular weight is 318 g/mol. The molecule has 1 atom stereocenters. The average Bonchev–Trinajstić information content (AvgIpc) is 2.68. The van der Waals surface area contributed by atoms with Crippen LogP contribution in [0.5, 0.6) is 0 Å². The van der Waals surface area contributed by atoms with Crippen molar-refractivity contribution >= 4 is 11.8 Å². The van der Waals surface area contributed by atoms with Gasteiger partial charge in [-0.1, -0.05) is 31.5 Å². The lowest BCUT2D eigenvalue weighted by molar-refractivity contribution is 0.491. The van der Waals surface area contributed by atoms with Crippen molar-refractivity contribution in [2.75, 3.05) is 6.26 Å². The van der Waals surface area contributed by atoms with Crippen LogP contribution in [-0.2, 0) is 0 Å². The van der Waals surface area contributed by atoms with Crippen molar-refractivity contribution in [3.05, 3.63) is 57.0 Å². The predicted molar refractivity (Wildman–Crippen MR) is 87.5 cm³/mol. The summed E-state index contributed by atoms with van der Waals surface area (Å²) in [5.74, 6) is 0. The molecule has 6 nitrogen and oxygen atoms in total. The number of para-hydroxylation sites is 1. The van der Waals surface area contributed by atoms with Gasteiger partial charge in [0.1, 0.15) is 5.03 Å². The van der Waals surface area contributed by atoms with E-state index in [9.17, 15) is 9.59 Å². The number of fused-ring (bicyclic) bond motifs is 1. The lowest BCUT2D eigenvalue weighted by Crippen LogP contribution is -2.32. The summed E-state index contributed by atoms with van der Waals surface area (Å²) in [5.41, 5.74) is 6.77. The summed E-state index contributed by atoms with van der Waals surface area (Å²) in [4.78, 5) is 25.2. The Balaban J connectivity index is 2.27. The molecule has 0 aliphatic carbocycles. The van der Waals surface area contributed by atoms with Crippen LogP contribution in [-0.4, -0.2) is 19.9 Å². The van der Waals surface area contributed by atoms with Gasteiger partial charge in [-0.15, -0.1) is 11.8 Å². The maximum Gasteiger partial charge on any atom is 0.357 e. The van der Waals surface area contributed by atoms with E-state index in [1.165, 1.54) is 25.4 Å². The zero-order chi connectivity index (χ0) is 15.9. The van der Waals surface area contributed by atoms with Crippen molar-refractivity contribution in [1.82, 2.24) is 13.6 Å². The number of rotatable bonds is 5. The number of nitrogens with two attached hydrogens (primary N) is 1. The van der Waals surface area contributed by atoms with Gasteiger partial charge < -0.3 is 5.73 Å². The summed E-state index contributed by atoms with van der Waals surface area (Å²) in [6.07, 6.45) is 3.58. The molecule has 2 heterocycles. The monoisotopic (exact) mass is 318 g/mol. The van der Waals surface area contributed by atoms with Crippen molar-refractivity contribution < 1.29 is 0 Å². The van der Waals surface area contributed by atoms with Crippen LogP contribution in [0.15, 0.2) is 44.9 Å². The van der Waals surface area contributed by atoms with Gasteiger partial charge in [0.15, 0.2) is 0 Å². The molecule has 3 rings (SSSR count). The van der Waals surface area contributed by atoms with Gasteiger partial charge in [-0.05, 0) is 24.8 Å². The number of aromatic nitrogens is 3. The van der Waals surface area contributed by atoms with Crippen molar-refractivity contribution in [2.45, 2.75) is 30.8 Å². The second-order valence-corrected chi connectivity index (χ2v) is 5.94. The second kappa shape index (κ2) is 5.66. The molecule has 2 aromatic heterocycles. The van der Waals surface area contributed by atoms with E-state index in [0.29, 0.717) is 5.69 Å². The van der Waals surface area contributed by atoms with Crippen molar-refractivity contribution in [3.63, 3.8) is 0 Å². The normalized spacial score (nSPS) is 13.0. The molecule has 2 N–H and O–H groups in total. The molecule has 0 fully saturated rings. The van der Waals surface area contributed by atoms with Crippen molar-refractivity contribution in [3.8, 4) is 5.69 Å². The Kier molecular flexibility index (Phi) is 3.84. The molecule has 0 spiro atoms. The Morgan fingerprint density at radius 3 is 2.36 bits per heavy atom. The van der Waals surface area contributed by atoms with Gasteiger partial charge in [0.05, 0.1) is 11.4 Å². The molecule has 0 saturated carbocycles. The molecular weight excluding hydrogens is 300 g/mol. The third-order valence-electron chi connectivity index (χ3n) is 3.74. The summed E-state index contributed by atoms with van der Waals surface area (Å²) in [6.45, 7) is 2.04. The van der Waals surface area contributed by atoms with Gasteiger partial charge in [-0.2, -0.15) is 9.03 Å². The molecular formula is C15H18N4O2S. The molecule has 0 aliphatic rings. The predicted octanol–water partition coefficient (Wildman–Crippen LogP) is 1.51. The van der Waals surface area contributed by atoms with E-state index in [1.807, 2.05) is 19.2 Å². The van der Waals surface area contributed by atoms with Crippen molar-refractivity contribution in [2.24, 2.45) is 5.73 Å². The number of hydrogen-bond donors (Lipinski definition) is 1. The smallest absolute Gasteiger partial charge is 0.323 e. The minimum absolute atomic E-state index is 0.240. The molecule has 1 unspecified atom stereocenters. The van der Waals surface area contributed by atoms with Gasteiger partial charge in [-0.3, -0.25) is 0 Å². The highest BCUT2D eigenvalue weighted by Gasteiger charge is 2.28. The molecule has 7 heteroatoms. The van der Waals surface area contributed by atoms with Gasteiger partial charge in [0, 0.05) is 6.04 Å². The van der Waals surface area contributed by atoms with E-state index in [-0.39, 0.29) is 17.4 Å². The first kappa shape index (κ1) is 14.9. The standard InChI is InChI=1S/C15H18N4O2S/c1-3-7-11(16)12-13(22-2)19-15(21)17(14(20)18(12)19)10-8-5-4-6-9-10/h4-6,8-9,11H,3,7,16H2,1-2H3. The van der Waals surface area contributed by atoms with Crippen LogP contribution in [0, 0.1) is 0 Å². The molecule has 3 aromatic rings. The Labute approximate surface area is 131 Å². The highest BCUT2D eigenvalue weighted by molar-refractivity contribution is 7.98. The molecule has 116 valence electrons. The lowest BCUT2D eigenvalue weighted by Gasteiger charge is -2.21. The van der Waals surface area contributed by atoms with E-state index < -0.39 is 0 Å². The van der Waals surface area contributed by atoms with E-state index in [2.05, 4.69) is 0 Å². The maximum atomic E-state index is 12.6. The summed E-state index contributed by atoms with van der Waals surface area (Å²) >= 11 is 1.44. The van der Waals surface area contributed by atoms with Crippen LogP contribution >= 0.6 is 11.8 Å². The van der Waals surface area contributed by atoms with Gasteiger partial charge in [0.25, 0.3) is 0 Å². The Morgan fingerprint density at radius 2 is 1.77 bits per heavy atom. The van der Waals surface area contributed by atoms with Crippen LogP contribution in [0.1, 0.15) is 31.5 Å². The number of thioether (sulfide) groups is 1. The molecule has 1 aromatic carbocycles. The molecule has 0 amide bonds. The lowest BCUT2D eigenvalue weighted by atomic mass is 10.1. The largest absolute Gasteiger partial charge is 0.357 e. The van der Waals surface area contributed by atoms with Gasteiger partial charge in [-0.25, -0.2) is 14.2 Å². The van der Waals surface area contributed by atoms with Crippen molar-refractivity contribution in [1.29, 1.82) is 0 Å². The van der Waals surface area contributed by atoms with Crippen LogP contribution in [0.3, 0.4) is 0 Å². The summed E-state index contributed by atoms with van der Waals surface area (Å²) in [7, 11) is 0. The molecule has 22 heavy (non-hydrogen) atoms. The first-order valence-electron chi connectivity index (χ1n) is 7.18. The fourth-order valence-corrected chi connectivity index (χ4v) is 3.52. The maximum absolute atomic E-state index is 12.6. The van der Waals surface area contributed by atoms with E-state index in [4.69, 9.17) is 5.73 Å². The summed E-state index contributed by atoms with van der Waals surface area (Å²) < 4.78 is 3.99. The second-order valence-electron chi connectivity index (χ2n) is 5.15. The molecule has 0 aliphatic heterocycles. The van der Waals surface area contributed by atoms with E-state index in [1.54, 1.807) is 24.3 Å². The number of nitrogens with zero attached hydrogens (tertiary/aromatic N) is 3.